The average molecular weight is 417 g/mol. The van der Waals surface area contributed by atoms with Crippen LogP contribution in [-0.4, -0.2) is 38.8 Å². The van der Waals surface area contributed by atoms with Crippen LogP contribution < -0.4 is 10.1 Å². The number of nitrogens with zero attached hydrogens (tertiary/aromatic N) is 1. The van der Waals surface area contributed by atoms with E-state index >= 15 is 0 Å². The Hall–Kier alpha value is -2.38. The topological polar surface area (TPSA) is 75.7 Å². The second-order valence-electron chi connectivity index (χ2n) is 7.25. The highest BCUT2D eigenvalue weighted by atomic mass is 32.2. The number of carbonyl (C=O) groups excluding carboxylic acids is 1. The first-order valence-corrected chi connectivity index (χ1v) is 11.5. The molecule has 0 radical (unpaired) electrons. The van der Waals surface area contributed by atoms with E-state index in [0.717, 1.165) is 37.0 Å². The Morgan fingerprint density at radius 1 is 1.03 bits per heavy atom. The normalized spacial score (nSPS) is 15.5. The smallest absolute Gasteiger partial charge is 0.243 e. The van der Waals surface area contributed by atoms with Crippen LogP contribution in [-0.2, 0) is 21.2 Å². The molecule has 156 valence electrons. The van der Waals surface area contributed by atoms with Crippen molar-refractivity contribution < 1.29 is 17.9 Å². The van der Waals surface area contributed by atoms with Crippen molar-refractivity contribution in [3.8, 4) is 5.75 Å². The number of anilines is 1. The molecule has 1 N–H and O–H groups in total. The summed E-state index contributed by atoms with van der Waals surface area (Å²) in [6.07, 6.45) is 4.79. The lowest BCUT2D eigenvalue weighted by Crippen LogP contribution is -2.32. The maximum Gasteiger partial charge on any atom is 0.243 e. The molecule has 0 atom stereocenters. The van der Waals surface area contributed by atoms with Gasteiger partial charge in [-0.15, -0.1) is 0 Å². The molecule has 0 aromatic heterocycles. The summed E-state index contributed by atoms with van der Waals surface area (Å²) in [4.78, 5) is 12.6. The molecule has 6 nitrogen and oxygen atoms in total. The predicted octanol–water partition coefficient (Wildman–Crippen LogP) is 3.83. The van der Waals surface area contributed by atoms with Gasteiger partial charge in [-0.05, 0) is 55.2 Å². The van der Waals surface area contributed by atoms with Crippen molar-refractivity contribution in [1.29, 1.82) is 0 Å². The van der Waals surface area contributed by atoms with Crippen LogP contribution in [0.15, 0.2) is 53.4 Å². The maximum atomic E-state index is 13.0. The molecule has 2 aromatic rings. The van der Waals surface area contributed by atoms with E-state index in [0.29, 0.717) is 31.6 Å². The standard InChI is InChI=1S/C22H28N2O4S/c1-28-20-10-6-8-18(16-20)12-13-22(25)23-19-9-7-11-21(17-19)29(26,27)24-14-4-2-3-5-15-24/h6-11,16-17H,2-5,12-15H2,1H3,(H,23,25). The highest BCUT2D eigenvalue weighted by Gasteiger charge is 2.25. The Balaban J connectivity index is 1.63. The molecule has 1 fully saturated rings. The number of benzene rings is 2. The van der Waals surface area contributed by atoms with Crippen LogP contribution in [0.4, 0.5) is 5.69 Å². The third kappa shape index (κ3) is 5.81. The van der Waals surface area contributed by atoms with Crippen molar-refractivity contribution in [1.82, 2.24) is 4.31 Å². The highest BCUT2D eigenvalue weighted by molar-refractivity contribution is 7.89. The molecule has 0 spiro atoms. The summed E-state index contributed by atoms with van der Waals surface area (Å²) in [5.41, 5.74) is 1.51. The van der Waals surface area contributed by atoms with E-state index in [1.807, 2.05) is 24.3 Å². The van der Waals surface area contributed by atoms with Gasteiger partial charge >= 0.3 is 0 Å². The number of hydrogen-bond acceptors (Lipinski definition) is 4. The van der Waals surface area contributed by atoms with Crippen molar-refractivity contribution in [2.45, 2.75) is 43.4 Å². The van der Waals surface area contributed by atoms with Gasteiger partial charge in [0, 0.05) is 25.2 Å². The third-order valence-corrected chi connectivity index (χ3v) is 6.99. The first-order valence-electron chi connectivity index (χ1n) is 10.0. The van der Waals surface area contributed by atoms with Crippen LogP contribution in [0.1, 0.15) is 37.7 Å². The van der Waals surface area contributed by atoms with Gasteiger partial charge in [-0.2, -0.15) is 4.31 Å². The quantitative estimate of drug-likeness (QED) is 0.744. The largest absolute Gasteiger partial charge is 0.497 e. The van der Waals surface area contributed by atoms with E-state index < -0.39 is 10.0 Å². The van der Waals surface area contributed by atoms with Gasteiger partial charge in [0.2, 0.25) is 15.9 Å². The fourth-order valence-electron chi connectivity index (χ4n) is 3.47. The zero-order chi connectivity index (χ0) is 20.7. The molecule has 1 heterocycles. The Labute approximate surface area is 172 Å². The fraction of sp³-hybridized carbons (Fsp3) is 0.409. The van der Waals surface area contributed by atoms with Crippen molar-refractivity contribution in [2.75, 3.05) is 25.5 Å². The minimum atomic E-state index is -3.54. The molecular formula is C22H28N2O4S. The zero-order valence-electron chi connectivity index (χ0n) is 16.8. The zero-order valence-corrected chi connectivity index (χ0v) is 17.6. The molecule has 1 saturated heterocycles. The number of hydrogen-bond donors (Lipinski definition) is 1. The summed E-state index contributed by atoms with van der Waals surface area (Å²) >= 11 is 0. The summed E-state index contributed by atoms with van der Waals surface area (Å²) in [5, 5.41) is 2.82. The molecule has 3 rings (SSSR count). The first kappa shape index (κ1) is 21.3. The Morgan fingerprint density at radius 3 is 2.48 bits per heavy atom. The molecular weight excluding hydrogens is 388 g/mol. The Bertz CT molecular complexity index is 935. The predicted molar refractivity (Wildman–Crippen MR) is 114 cm³/mol. The second-order valence-corrected chi connectivity index (χ2v) is 9.18. The second kappa shape index (κ2) is 9.89. The van der Waals surface area contributed by atoms with Crippen LogP contribution >= 0.6 is 0 Å². The van der Waals surface area contributed by atoms with E-state index in [4.69, 9.17) is 4.74 Å². The lowest BCUT2D eigenvalue weighted by Gasteiger charge is -2.20. The molecule has 0 saturated carbocycles. The van der Waals surface area contributed by atoms with Gasteiger partial charge in [0.1, 0.15) is 5.75 Å². The van der Waals surface area contributed by atoms with Gasteiger partial charge in [-0.25, -0.2) is 8.42 Å². The molecule has 2 aromatic carbocycles. The molecule has 29 heavy (non-hydrogen) atoms. The summed E-state index contributed by atoms with van der Waals surface area (Å²) in [5.74, 6) is 0.603. The minimum absolute atomic E-state index is 0.155. The monoisotopic (exact) mass is 416 g/mol. The van der Waals surface area contributed by atoms with Crippen molar-refractivity contribution in [2.24, 2.45) is 0 Å². The van der Waals surface area contributed by atoms with Crippen LogP contribution in [0.3, 0.4) is 0 Å². The Kier molecular flexibility index (Phi) is 7.28. The average Bonchev–Trinajstić information content (AvgIpc) is 3.03. The molecule has 1 aliphatic rings. The number of amides is 1. The van der Waals surface area contributed by atoms with E-state index in [-0.39, 0.29) is 10.8 Å². The number of sulfonamides is 1. The molecule has 7 heteroatoms. The molecule has 1 amide bonds. The van der Waals surface area contributed by atoms with Gasteiger partial charge in [0.15, 0.2) is 0 Å². The van der Waals surface area contributed by atoms with Gasteiger partial charge in [0.25, 0.3) is 0 Å². The highest BCUT2D eigenvalue weighted by Crippen LogP contribution is 2.23. The van der Waals surface area contributed by atoms with E-state index in [9.17, 15) is 13.2 Å². The number of carbonyl (C=O) groups is 1. The summed E-state index contributed by atoms with van der Waals surface area (Å²) < 4.78 is 32.7. The number of nitrogens with one attached hydrogen (secondary N) is 1. The van der Waals surface area contributed by atoms with E-state index in [1.54, 1.807) is 35.7 Å². The van der Waals surface area contributed by atoms with Gasteiger partial charge in [0.05, 0.1) is 12.0 Å². The molecule has 0 aliphatic carbocycles. The van der Waals surface area contributed by atoms with Crippen LogP contribution in [0.25, 0.3) is 0 Å². The SMILES string of the molecule is COc1cccc(CCC(=O)Nc2cccc(S(=O)(=O)N3CCCCCC3)c2)c1. The number of rotatable bonds is 7. The van der Waals surface area contributed by atoms with Crippen LogP contribution in [0.2, 0.25) is 0 Å². The summed E-state index contributed by atoms with van der Waals surface area (Å²) in [7, 11) is -1.93. The van der Waals surface area contributed by atoms with Crippen molar-refractivity contribution in [3.63, 3.8) is 0 Å². The van der Waals surface area contributed by atoms with Crippen molar-refractivity contribution in [3.05, 3.63) is 54.1 Å². The summed E-state index contributed by atoms with van der Waals surface area (Å²) in [6.45, 7) is 1.11. The lowest BCUT2D eigenvalue weighted by molar-refractivity contribution is -0.116. The number of methoxy groups -OCH3 is 1. The number of ether oxygens (including phenoxy) is 1. The van der Waals surface area contributed by atoms with Gasteiger partial charge in [-0.1, -0.05) is 31.0 Å². The number of aryl methyl sites for hydroxylation is 1. The van der Waals surface area contributed by atoms with E-state index in [2.05, 4.69) is 5.32 Å². The molecule has 0 bridgehead atoms. The van der Waals surface area contributed by atoms with E-state index in [1.165, 1.54) is 0 Å². The van der Waals surface area contributed by atoms with Crippen molar-refractivity contribution >= 4 is 21.6 Å². The fourth-order valence-corrected chi connectivity index (χ4v) is 5.04. The van der Waals surface area contributed by atoms with Gasteiger partial charge in [-0.3, -0.25) is 4.79 Å². The van der Waals surface area contributed by atoms with Gasteiger partial charge < -0.3 is 10.1 Å². The van der Waals surface area contributed by atoms with Crippen LogP contribution in [0.5, 0.6) is 5.75 Å². The minimum Gasteiger partial charge on any atom is -0.497 e. The Morgan fingerprint density at radius 2 is 1.76 bits per heavy atom. The third-order valence-electron chi connectivity index (χ3n) is 5.10. The molecule has 1 aliphatic heterocycles. The maximum absolute atomic E-state index is 13.0. The first-order chi connectivity index (χ1) is 14.0. The lowest BCUT2D eigenvalue weighted by atomic mass is 10.1. The molecule has 0 unspecified atom stereocenters. The summed E-state index contributed by atoms with van der Waals surface area (Å²) in [6, 6.07) is 14.1. The van der Waals surface area contributed by atoms with Crippen LogP contribution in [0, 0.1) is 0 Å².